The molecule has 0 saturated carbocycles. The number of benzene rings is 2. The maximum Gasteiger partial charge on any atom is 0.123 e. The standard InChI is InChI=1S/C26H32ClFN2O/c1-4-5-13-26(31,19-6-9-21(28)10-7-19)17-30-24-11-8-20(27)15-22(24)23-16-29(18(2)3)14-12-25(23)30/h6-11,15,18,31H,4-5,12-14,16-17H2,1-3H3. The zero-order valence-electron chi connectivity index (χ0n) is 18.7. The summed E-state index contributed by atoms with van der Waals surface area (Å²) in [6.07, 6.45) is 3.47. The average Bonchev–Trinajstić information content (AvgIpc) is 3.04. The highest BCUT2D eigenvalue weighted by Crippen LogP contribution is 2.37. The highest BCUT2D eigenvalue weighted by Gasteiger charge is 2.33. The van der Waals surface area contributed by atoms with Crippen LogP contribution in [0.2, 0.25) is 5.02 Å². The fourth-order valence-electron chi connectivity index (χ4n) is 4.87. The molecule has 0 bridgehead atoms. The number of fused-ring (bicyclic) bond motifs is 3. The molecule has 0 aliphatic carbocycles. The van der Waals surface area contributed by atoms with Crippen molar-refractivity contribution in [2.24, 2.45) is 0 Å². The molecule has 0 spiro atoms. The van der Waals surface area contributed by atoms with Crippen LogP contribution in [0.3, 0.4) is 0 Å². The van der Waals surface area contributed by atoms with Gasteiger partial charge in [-0.3, -0.25) is 4.90 Å². The molecule has 4 rings (SSSR count). The molecule has 2 aromatic carbocycles. The third-order valence-corrected chi connectivity index (χ3v) is 6.96. The average molecular weight is 443 g/mol. The summed E-state index contributed by atoms with van der Waals surface area (Å²) in [6.45, 7) is 8.93. The first-order valence-electron chi connectivity index (χ1n) is 11.3. The van der Waals surface area contributed by atoms with Crippen molar-refractivity contribution in [2.45, 2.75) is 71.2 Å². The molecule has 1 unspecified atom stereocenters. The normalized spacial score (nSPS) is 16.6. The minimum atomic E-state index is -1.06. The SMILES string of the molecule is CCCCC(O)(Cn1c2c(c3cc(Cl)ccc31)CN(C(C)C)CC2)c1ccc(F)cc1. The molecule has 0 amide bonds. The third kappa shape index (κ3) is 4.39. The van der Waals surface area contributed by atoms with Crippen LogP contribution in [0.4, 0.5) is 4.39 Å². The first kappa shape index (κ1) is 22.3. The molecule has 1 aliphatic rings. The largest absolute Gasteiger partial charge is 0.383 e. The van der Waals surface area contributed by atoms with E-state index in [1.54, 1.807) is 12.1 Å². The highest BCUT2D eigenvalue weighted by molar-refractivity contribution is 6.31. The van der Waals surface area contributed by atoms with E-state index < -0.39 is 5.60 Å². The first-order chi connectivity index (χ1) is 14.8. The lowest BCUT2D eigenvalue weighted by molar-refractivity contribution is 0.00760. The predicted octanol–water partition coefficient (Wildman–Crippen LogP) is 6.28. The van der Waals surface area contributed by atoms with Gasteiger partial charge in [0.15, 0.2) is 0 Å². The monoisotopic (exact) mass is 442 g/mol. The molecule has 1 N–H and O–H groups in total. The van der Waals surface area contributed by atoms with Gasteiger partial charge in [0.05, 0.1) is 6.54 Å². The Balaban J connectivity index is 1.82. The van der Waals surface area contributed by atoms with E-state index in [-0.39, 0.29) is 5.82 Å². The van der Waals surface area contributed by atoms with E-state index >= 15 is 0 Å². The first-order valence-corrected chi connectivity index (χ1v) is 11.7. The minimum Gasteiger partial charge on any atom is -0.383 e. The van der Waals surface area contributed by atoms with Gasteiger partial charge in [-0.05, 0) is 61.7 Å². The Kier molecular flexibility index (Phi) is 6.43. The number of halogens is 2. The van der Waals surface area contributed by atoms with Crippen LogP contribution < -0.4 is 0 Å². The minimum absolute atomic E-state index is 0.284. The Morgan fingerprint density at radius 1 is 1.16 bits per heavy atom. The second-order valence-electron chi connectivity index (χ2n) is 9.13. The number of rotatable bonds is 7. The molecule has 1 aromatic heterocycles. The third-order valence-electron chi connectivity index (χ3n) is 6.72. The van der Waals surface area contributed by atoms with Crippen LogP contribution >= 0.6 is 11.6 Å². The number of aliphatic hydroxyl groups is 1. The lowest BCUT2D eigenvalue weighted by atomic mass is 9.88. The molecule has 166 valence electrons. The van der Waals surface area contributed by atoms with Crippen molar-refractivity contribution in [1.82, 2.24) is 9.47 Å². The number of hydrogen-bond acceptors (Lipinski definition) is 2. The summed E-state index contributed by atoms with van der Waals surface area (Å²) in [5.41, 5.74) is 3.42. The van der Waals surface area contributed by atoms with Crippen molar-refractivity contribution >= 4 is 22.5 Å². The zero-order chi connectivity index (χ0) is 22.2. The van der Waals surface area contributed by atoms with E-state index in [4.69, 9.17) is 11.6 Å². The summed E-state index contributed by atoms with van der Waals surface area (Å²) in [5.74, 6) is -0.284. The van der Waals surface area contributed by atoms with Crippen LogP contribution in [0.25, 0.3) is 10.9 Å². The zero-order valence-corrected chi connectivity index (χ0v) is 19.4. The summed E-state index contributed by atoms with van der Waals surface area (Å²) in [5, 5.41) is 13.8. The van der Waals surface area contributed by atoms with E-state index in [2.05, 4.69) is 42.4 Å². The molecule has 5 heteroatoms. The molecule has 3 nitrogen and oxygen atoms in total. The molecule has 0 fully saturated rings. The van der Waals surface area contributed by atoms with Gasteiger partial charge in [-0.15, -0.1) is 0 Å². The van der Waals surface area contributed by atoms with Gasteiger partial charge in [0.2, 0.25) is 0 Å². The molecule has 1 atom stereocenters. The second kappa shape index (κ2) is 8.93. The van der Waals surface area contributed by atoms with Gasteiger partial charge in [-0.1, -0.05) is 43.5 Å². The van der Waals surface area contributed by atoms with Crippen molar-refractivity contribution in [3.05, 3.63) is 70.1 Å². The van der Waals surface area contributed by atoms with Crippen LogP contribution in [-0.4, -0.2) is 27.2 Å². The van der Waals surface area contributed by atoms with E-state index in [0.29, 0.717) is 19.0 Å². The quantitative estimate of drug-likeness (QED) is 0.466. The lowest BCUT2D eigenvalue weighted by Crippen LogP contribution is -2.37. The van der Waals surface area contributed by atoms with Gasteiger partial charge in [0.1, 0.15) is 11.4 Å². The predicted molar refractivity (Wildman–Crippen MR) is 126 cm³/mol. The summed E-state index contributed by atoms with van der Waals surface area (Å²) in [4.78, 5) is 2.48. The number of unbranched alkanes of at least 4 members (excludes halogenated alkanes) is 1. The van der Waals surface area contributed by atoms with Gasteiger partial charge in [0, 0.05) is 47.2 Å². The molecule has 0 radical (unpaired) electrons. The van der Waals surface area contributed by atoms with E-state index in [1.807, 2.05) is 6.07 Å². The van der Waals surface area contributed by atoms with Crippen LogP contribution in [0.15, 0.2) is 42.5 Å². The maximum absolute atomic E-state index is 13.6. The van der Waals surface area contributed by atoms with Gasteiger partial charge < -0.3 is 9.67 Å². The molecular formula is C26H32ClFN2O. The van der Waals surface area contributed by atoms with Crippen molar-refractivity contribution in [1.29, 1.82) is 0 Å². The maximum atomic E-state index is 13.6. The summed E-state index contributed by atoms with van der Waals surface area (Å²) >= 11 is 6.37. The van der Waals surface area contributed by atoms with Crippen molar-refractivity contribution in [3.8, 4) is 0 Å². The number of nitrogens with zero attached hydrogens (tertiary/aromatic N) is 2. The molecule has 2 heterocycles. The topological polar surface area (TPSA) is 28.4 Å². The Hall–Kier alpha value is -1.88. The van der Waals surface area contributed by atoms with Crippen molar-refractivity contribution < 1.29 is 9.50 Å². The van der Waals surface area contributed by atoms with Gasteiger partial charge in [-0.25, -0.2) is 4.39 Å². The second-order valence-corrected chi connectivity index (χ2v) is 9.57. The summed E-state index contributed by atoms with van der Waals surface area (Å²) < 4.78 is 15.9. The Morgan fingerprint density at radius 2 is 1.90 bits per heavy atom. The fraction of sp³-hybridized carbons (Fsp3) is 0.462. The van der Waals surface area contributed by atoms with Crippen LogP contribution in [-0.2, 0) is 25.1 Å². The van der Waals surface area contributed by atoms with Gasteiger partial charge in [0.25, 0.3) is 0 Å². The van der Waals surface area contributed by atoms with Gasteiger partial charge in [-0.2, -0.15) is 0 Å². The van der Waals surface area contributed by atoms with E-state index in [9.17, 15) is 9.50 Å². The number of hydrogen-bond donors (Lipinski definition) is 1. The molecule has 3 aromatic rings. The van der Waals surface area contributed by atoms with Crippen molar-refractivity contribution in [3.63, 3.8) is 0 Å². The van der Waals surface area contributed by atoms with E-state index in [1.165, 1.54) is 28.8 Å². The molecule has 0 saturated heterocycles. The molecule has 1 aliphatic heterocycles. The Labute approximate surface area is 189 Å². The van der Waals surface area contributed by atoms with E-state index in [0.717, 1.165) is 48.5 Å². The lowest BCUT2D eigenvalue weighted by Gasteiger charge is -2.34. The molecule has 31 heavy (non-hydrogen) atoms. The van der Waals surface area contributed by atoms with Crippen LogP contribution in [0.1, 0.15) is 56.9 Å². The highest BCUT2D eigenvalue weighted by atomic mass is 35.5. The van der Waals surface area contributed by atoms with Crippen LogP contribution in [0, 0.1) is 5.82 Å². The van der Waals surface area contributed by atoms with Crippen molar-refractivity contribution in [2.75, 3.05) is 6.54 Å². The smallest absolute Gasteiger partial charge is 0.123 e. The Morgan fingerprint density at radius 3 is 2.58 bits per heavy atom. The van der Waals surface area contributed by atoms with Gasteiger partial charge >= 0.3 is 0 Å². The number of aromatic nitrogens is 1. The van der Waals surface area contributed by atoms with Crippen LogP contribution in [0.5, 0.6) is 0 Å². The fourth-order valence-corrected chi connectivity index (χ4v) is 5.04. The summed E-state index contributed by atoms with van der Waals surface area (Å²) in [6, 6.07) is 12.9. The Bertz CT molecular complexity index is 1060. The summed E-state index contributed by atoms with van der Waals surface area (Å²) in [7, 11) is 0. The molecular weight excluding hydrogens is 411 g/mol.